The SMILES string of the molecule is Cc1ccccc1C(=O)N1CCC([C@H](NC(=O)c2ccc(F)cc2)C(=O)N2CCCC2)CC1. The Bertz CT molecular complexity index is 1010. The summed E-state index contributed by atoms with van der Waals surface area (Å²) in [5.41, 5.74) is 1.96. The number of amides is 3. The summed E-state index contributed by atoms with van der Waals surface area (Å²) in [6.07, 6.45) is 3.19. The highest BCUT2D eigenvalue weighted by atomic mass is 19.1. The minimum atomic E-state index is -0.656. The summed E-state index contributed by atoms with van der Waals surface area (Å²) in [6.45, 7) is 4.40. The van der Waals surface area contributed by atoms with Gasteiger partial charge < -0.3 is 15.1 Å². The van der Waals surface area contributed by atoms with E-state index in [1.807, 2.05) is 41.0 Å². The molecule has 3 amide bonds. The molecule has 4 rings (SSSR count). The van der Waals surface area contributed by atoms with Crippen molar-refractivity contribution in [1.82, 2.24) is 15.1 Å². The van der Waals surface area contributed by atoms with Crippen LogP contribution in [0.25, 0.3) is 0 Å². The molecule has 1 N–H and O–H groups in total. The fourth-order valence-electron chi connectivity index (χ4n) is 4.76. The van der Waals surface area contributed by atoms with E-state index in [1.54, 1.807) is 0 Å². The minimum Gasteiger partial charge on any atom is -0.341 e. The highest BCUT2D eigenvalue weighted by molar-refractivity contribution is 5.98. The Morgan fingerprint density at radius 1 is 0.909 bits per heavy atom. The van der Waals surface area contributed by atoms with Crippen LogP contribution in [0.2, 0.25) is 0 Å². The zero-order chi connectivity index (χ0) is 23.4. The lowest BCUT2D eigenvalue weighted by molar-refractivity contribution is -0.134. The maximum absolute atomic E-state index is 13.3. The molecule has 0 saturated carbocycles. The maximum atomic E-state index is 13.3. The summed E-state index contributed by atoms with van der Waals surface area (Å²) in [7, 11) is 0. The lowest BCUT2D eigenvalue weighted by Crippen LogP contribution is -2.54. The Balaban J connectivity index is 1.46. The molecule has 0 spiro atoms. The molecule has 2 fully saturated rings. The van der Waals surface area contributed by atoms with Gasteiger partial charge in [-0.15, -0.1) is 0 Å². The van der Waals surface area contributed by atoms with Crippen molar-refractivity contribution in [3.8, 4) is 0 Å². The Labute approximate surface area is 193 Å². The van der Waals surface area contributed by atoms with Gasteiger partial charge in [-0.3, -0.25) is 14.4 Å². The van der Waals surface area contributed by atoms with Gasteiger partial charge in [0.25, 0.3) is 11.8 Å². The number of carbonyl (C=O) groups excluding carboxylic acids is 3. The van der Waals surface area contributed by atoms with E-state index in [2.05, 4.69) is 5.32 Å². The van der Waals surface area contributed by atoms with Gasteiger partial charge in [0, 0.05) is 37.3 Å². The summed E-state index contributed by atoms with van der Waals surface area (Å²) in [5.74, 6) is -0.924. The van der Waals surface area contributed by atoms with Crippen molar-refractivity contribution in [3.63, 3.8) is 0 Å². The first kappa shape index (κ1) is 23.0. The molecule has 2 saturated heterocycles. The molecule has 6 nitrogen and oxygen atoms in total. The van der Waals surface area contributed by atoms with Crippen LogP contribution >= 0.6 is 0 Å². The third-order valence-corrected chi connectivity index (χ3v) is 6.75. The molecule has 2 aliphatic rings. The number of hydrogen-bond acceptors (Lipinski definition) is 3. The number of carbonyl (C=O) groups is 3. The van der Waals surface area contributed by atoms with Gasteiger partial charge in [-0.25, -0.2) is 4.39 Å². The van der Waals surface area contributed by atoms with Crippen LogP contribution in [0.3, 0.4) is 0 Å². The Morgan fingerprint density at radius 2 is 1.55 bits per heavy atom. The topological polar surface area (TPSA) is 69.7 Å². The predicted octanol–water partition coefficient (Wildman–Crippen LogP) is 3.41. The normalized spacial score (nSPS) is 17.6. The number of benzene rings is 2. The fourth-order valence-corrected chi connectivity index (χ4v) is 4.76. The third-order valence-electron chi connectivity index (χ3n) is 6.75. The molecule has 0 unspecified atom stereocenters. The van der Waals surface area contributed by atoms with Crippen molar-refractivity contribution in [1.29, 1.82) is 0 Å². The molecule has 33 heavy (non-hydrogen) atoms. The van der Waals surface area contributed by atoms with Crippen LogP contribution in [0.4, 0.5) is 4.39 Å². The minimum absolute atomic E-state index is 0.00400. The number of hydrogen-bond donors (Lipinski definition) is 1. The van der Waals surface area contributed by atoms with Gasteiger partial charge in [0.2, 0.25) is 5.91 Å². The molecule has 2 heterocycles. The van der Waals surface area contributed by atoms with Gasteiger partial charge in [0.05, 0.1) is 0 Å². The van der Waals surface area contributed by atoms with Gasteiger partial charge in [-0.2, -0.15) is 0 Å². The van der Waals surface area contributed by atoms with Crippen molar-refractivity contribution in [2.75, 3.05) is 26.2 Å². The monoisotopic (exact) mass is 451 g/mol. The molecule has 0 bridgehead atoms. The highest BCUT2D eigenvalue weighted by Gasteiger charge is 2.37. The quantitative estimate of drug-likeness (QED) is 0.758. The Hall–Kier alpha value is -3.22. The first-order chi connectivity index (χ1) is 15.9. The van der Waals surface area contributed by atoms with Gasteiger partial charge in [-0.05, 0) is 74.4 Å². The molecule has 0 radical (unpaired) electrons. The van der Waals surface area contributed by atoms with E-state index in [0.717, 1.165) is 18.4 Å². The first-order valence-electron chi connectivity index (χ1n) is 11.6. The average molecular weight is 452 g/mol. The van der Waals surface area contributed by atoms with Crippen molar-refractivity contribution >= 4 is 17.7 Å². The summed E-state index contributed by atoms with van der Waals surface area (Å²) in [4.78, 5) is 42.8. The van der Waals surface area contributed by atoms with E-state index in [4.69, 9.17) is 0 Å². The molecule has 174 valence electrons. The first-order valence-corrected chi connectivity index (χ1v) is 11.6. The molecular formula is C26H30FN3O3. The van der Waals surface area contributed by atoms with Crippen LogP contribution in [0.1, 0.15) is 52.0 Å². The van der Waals surface area contributed by atoms with E-state index in [1.165, 1.54) is 24.3 Å². The number of halogens is 1. The molecule has 2 aromatic carbocycles. The summed E-state index contributed by atoms with van der Waals surface area (Å²) >= 11 is 0. The summed E-state index contributed by atoms with van der Waals surface area (Å²) in [5, 5.41) is 2.93. The maximum Gasteiger partial charge on any atom is 0.254 e. The van der Waals surface area contributed by atoms with E-state index in [0.29, 0.717) is 50.1 Å². The number of aryl methyl sites for hydroxylation is 1. The van der Waals surface area contributed by atoms with Crippen LogP contribution < -0.4 is 5.32 Å². The van der Waals surface area contributed by atoms with Crippen LogP contribution in [0.15, 0.2) is 48.5 Å². The van der Waals surface area contributed by atoms with Crippen LogP contribution in [0, 0.1) is 18.7 Å². The van der Waals surface area contributed by atoms with Crippen LogP contribution in [0.5, 0.6) is 0 Å². The number of nitrogens with zero attached hydrogens (tertiary/aromatic N) is 2. The molecule has 7 heteroatoms. The third kappa shape index (κ3) is 5.24. The van der Waals surface area contributed by atoms with E-state index in [-0.39, 0.29) is 23.6 Å². The van der Waals surface area contributed by atoms with E-state index in [9.17, 15) is 18.8 Å². The summed E-state index contributed by atoms with van der Waals surface area (Å²) in [6, 6.07) is 12.2. The predicted molar refractivity (Wildman–Crippen MR) is 123 cm³/mol. The highest BCUT2D eigenvalue weighted by Crippen LogP contribution is 2.25. The van der Waals surface area contributed by atoms with Crippen LogP contribution in [-0.2, 0) is 4.79 Å². The molecule has 0 aromatic heterocycles. The van der Waals surface area contributed by atoms with Crippen molar-refractivity contribution in [3.05, 3.63) is 71.0 Å². The van der Waals surface area contributed by atoms with Gasteiger partial charge in [0.15, 0.2) is 0 Å². The zero-order valence-corrected chi connectivity index (χ0v) is 18.9. The van der Waals surface area contributed by atoms with Crippen LogP contribution in [-0.4, -0.2) is 59.7 Å². The molecular weight excluding hydrogens is 421 g/mol. The lowest BCUT2D eigenvalue weighted by atomic mass is 9.87. The molecule has 1 atom stereocenters. The summed E-state index contributed by atoms with van der Waals surface area (Å²) < 4.78 is 13.3. The molecule has 2 aromatic rings. The second-order valence-corrected chi connectivity index (χ2v) is 8.93. The second kappa shape index (κ2) is 10.1. The number of nitrogens with one attached hydrogen (secondary N) is 1. The van der Waals surface area contributed by atoms with Gasteiger partial charge in [0.1, 0.15) is 11.9 Å². The van der Waals surface area contributed by atoms with Crippen molar-refractivity contribution in [2.24, 2.45) is 5.92 Å². The van der Waals surface area contributed by atoms with E-state index < -0.39 is 11.9 Å². The number of rotatable bonds is 5. The standard InChI is InChI=1S/C26H30FN3O3/c1-18-6-2-3-7-22(18)25(32)30-16-12-19(13-17-30)23(26(33)29-14-4-5-15-29)28-24(31)20-8-10-21(27)11-9-20/h2-3,6-11,19,23H,4-5,12-17H2,1H3,(H,28,31)/t23-/m0/s1. The zero-order valence-electron chi connectivity index (χ0n) is 18.9. The largest absolute Gasteiger partial charge is 0.341 e. The fraction of sp³-hybridized carbons (Fsp3) is 0.423. The van der Waals surface area contributed by atoms with Crippen molar-refractivity contribution < 1.29 is 18.8 Å². The second-order valence-electron chi connectivity index (χ2n) is 8.93. The number of likely N-dealkylation sites (tertiary alicyclic amines) is 2. The van der Waals surface area contributed by atoms with Gasteiger partial charge >= 0.3 is 0 Å². The Morgan fingerprint density at radius 3 is 2.18 bits per heavy atom. The molecule has 0 aliphatic carbocycles. The number of piperidine rings is 1. The Kier molecular flexibility index (Phi) is 7.06. The van der Waals surface area contributed by atoms with Crippen molar-refractivity contribution in [2.45, 2.75) is 38.6 Å². The van der Waals surface area contributed by atoms with E-state index >= 15 is 0 Å². The average Bonchev–Trinajstić information content (AvgIpc) is 3.38. The molecule has 2 aliphatic heterocycles. The van der Waals surface area contributed by atoms with Gasteiger partial charge in [-0.1, -0.05) is 18.2 Å². The smallest absolute Gasteiger partial charge is 0.254 e. The lowest BCUT2D eigenvalue weighted by Gasteiger charge is -2.37.